The Morgan fingerprint density at radius 1 is 1.35 bits per heavy atom. The number of benzene rings is 1. The number of hydrogen-bond acceptors (Lipinski definition) is 2. The molecule has 3 rings (SSSR count). The Bertz CT molecular complexity index is 613. The molecule has 0 unspecified atom stereocenters. The Kier molecular flexibility index (Phi) is 3.74. The third-order valence-corrected chi connectivity index (χ3v) is 3.72. The molecule has 0 aliphatic heterocycles. The topological polar surface area (TPSA) is 46.1 Å². The van der Waals surface area contributed by atoms with Gasteiger partial charge in [-0.15, -0.1) is 0 Å². The van der Waals surface area contributed by atoms with E-state index < -0.39 is 0 Å². The molecular formula is C16H21N3O. The summed E-state index contributed by atoms with van der Waals surface area (Å²) in [7, 11) is 0. The van der Waals surface area contributed by atoms with Crippen LogP contribution in [-0.4, -0.2) is 23.1 Å². The van der Waals surface area contributed by atoms with Crippen molar-refractivity contribution in [2.75, 3.05) is 6.54 Å². The summed E-state index contributed by atoms with van der Waals surface area (Å²) in [5.41, 5.74) is 2.41. The molecule has 1 amide bonds. The minimum absolute atomic E-state index is 0.0648. The average Bonchev–Trinajstić information content (AvgIpc) is 3.21. The predicted molar refractivity (Wildman–Crippen MR) is 80.5 cm³/mol. The van der Waals surface area contributed by atoms with Gasteiger partial charge in [-0.05, 0) is 31.4 Å². The molecular weight excluding hydrogens is 250 g/mol. The standard InChI is InChI=1S/C16H21N3O/c1-2-17-16(20)11-19-10-12(9-18-13-7-8-13)14-5-3-4-6-15(14)19/h3-6,10,13,18H,2,7-9,11H2,1H3,(H,17,20). The van der Waals surface area contributed by atoms with Crippen molar-refractivity contribution in [3.63, 3.8) is 0 Å². The zero-order chi connectivity index (χ0) is 13.9. The summed E-state index contributed by atoms with van der Waals surface area (Å²) in [5.74, 6) is 0.0648. The van der Waals surface area contributed by atoms with Gasteiger partial charge in [0.25, 0.3) is 0 Å². The quantitative estimate of drug-likeness (QED) is 0.844. The molecule has 2 N–H and O–H groups in total. The number of para-hydroxylation sites is 1. The lowest BCUT2D eigenvalue weighted by atomic mass is 10.2. The van der Waals surface area contributed by atoms with Crippen molar-refractivity contribution >= 4 is 16.8 Å². The van der Waals surface area contributed by atoms with Gasteiger partial charge in [-0.25, -0.2) is 0 Å². The Balaban J connectivity index is 1.84. The van der Waals surface area contributed by atoms with E-state index in [0.29, 0.717) is 19.1 Å². The van der Waals surface area contributed by atoms with Crippen LogP contribution in [0.15, 0.2) is 30.5 Å². The Hall–Kier alpha value is -1.81. The van der Waals surface area contributed by atoms with Gasteiger partial charge in [-0.3, -0.25) is 4.79 Å². The maximum atomic E-state index is 11.8. The lowest BCUT2D eigenvalue weighted by molar-refractivity contribution is -0.121. The van der Waals surface area contributed by atoms with Gasteiger partial charge < -0.3 is 15.2 Å². The smallest absolute Gasteiger partial charge is 0.239 e. The highest BCUT2D eigenvalue weighted by molar-refractivity contribution is 5.86. The summed E-state index contributed by atoms with van der Waals surface area (Å²) in [5, 5.41) is 7.64. The lowest BCUT2D eigenvalue weighted by Crippen LogP contribution is -2.26. The molecule has 0 bridgehead atoms. The van der Waals surface area contributed by atoms with Gasteiger partial charge in [0.05, 0.1) is 0 Å². The van der Waals surface area contributed by atoms with Crippen LogP contribution in [0.2, 0.25) is 0 Å². The third kappa shape index (κ3) is 2.85. The SMILES string of the molecule is CCNC(=O)Cn1cc(CNC2CC2)c2ccccc21. The van der Waals surface area contributed by atoms with Crippen molar-refractivity contribution in [2.24, 2.45) is 0 Å². The van der Waals surface area contributed by atoms with Gasteiger partial charge in [0.2, 0.25) is 5.91 Å². The first kappa shape index (κ1) is 13.2. The van der Waals surface area contributed by atoms with Crippen molar-refractivity contribution in [2.45, 2.75) is 38.9 Å². The van der Waals surface area contributed by atoms with E-state index in [9.17, 15) is 4.79 Å². The number of rotatable bonds is 6. The highest BCUT2D eigenvalue weighted by Crippen LogP contribution is 2.24. The van der Waals surface area contributed by atoms with E-state index in [1.807, 2.05) is 17.6 Å². The fourth-order valence-electron chi connectivity index (χ4n) is 2.54. The number of aromatic nitrogens is 1. The monoisotopic (exact) mass is 271 g/mol. The van der Waals surface area contributed by atoms with Crippen LogP contribution in [0.3, 0.4) is 0 Å². The van der Waals surface area contributed by atoms with E-state index in [-0.39, 0.29) is 5.91 Å². The normalized spacial score (nSPS) is 14.7. The largest absolute Gasteiger partial charge is 0.355 e. The van der Waals surface area contributed by atoms with E-state index >= 15 is 0 Å². The van der Waals surface area contributed by atoms with Crippen LogP contribution in [0.25, 0.3) is 10.9 Å². The van der Waals surface area contributed by atoms with Gasteiger partial charge in [-0.1, -0.05) is 18.2 Å². The molecule has 1 aromatic carbocycles. The van der Waals surface area contributed by atoms with Crippen LogP contribution in [0.5, 0.6) is 0 Å². The van der Waals surface area contributed by atoms with Crippen molar-refractivity contribution < 1.29 is 4.79 Å². The van der Waals surface area contributed by atoms with E-state index in [4.69, 9.17) is 0 Å². The zero-order valence-electron chi connectivity index (χ0n) is 11.9. The lowest BCUT2D eigenvalue weighted by Gasteiger charge is -2.05. The van der Waals surface area contributed by atoms with Crippen molar-refractivity contribution in [1.82, 2.24) is 15.2 Å². The maximum Gasteiger partial charge on any atom is 0.239 e. The molecule has 4 nitrogen and oxygen atoms in total. The van der Waals surface area contributed by atoms with Crippen molar-refractivity contribution in [1.29, 1.82) is 0 Å². The fraction of sp³-hybridized carbons (Fsp3) is 0.438. The maximum absolute atomic E-state index is 11.8. The van der Waals surface area contributed by atoms with E-state index in [2.05, 4.69) is 35.0 Å². The molecule has 1 aliphatic rings. The number of nitrogens with one attached hydrogen (secondary N) is 2. The number of nitrogens with zero attached hydrogens (tertiary/aromatic N) is 1. The summed E-state index contributed by atoms with van der Waals surface area (Å²) in [4.78, 5) is 11.8. The second-order valence-corrected chi connectivity index (χ2v) is 5.41. The van der Waals surface area contributed by atoms with Crippen LogP contribution >= 0.6 is 0 Å². The number of fused-ring (bicyclic) bond motifs is 1. The first-order valence-electron chi connectivity index (χ1n) is 7.34. The summed E-state index contributed by atoms with van der Waals surface area (Å²) in [6.45, 7) is 3.89. The molecule has 1 heterocycles. The number of carbonyl (C=O) groups is 1. The van der Waals surface area contributed by atoms with Gasteiger partial charge in [0.15, 0.2) is 0 Å². The molecule has 0 spiro atoms. The highest BCUT2D eigenvalue weighted by atomic mass is 16.1. The summed E-state index contributed by atoms with van der Waals surface area (Å²) in [6.07, 6.45) is 4.68. The summed E-state index contributed by atoms with van der Waals surface area (Å²) in [6, 6.07) is 8.98. The Morgan fingerprint density at radius 3 is 2.90 bits per heavy atom. The molecule has 4 heteroatoms. The molecule has 0 radical (unpaired) electrons. The van der Waals surface area contributed by atoms with E-state index in [1.54, 1.807) is 0 Å². The Labute approximate surface area is 119 Å². The number of carbonyl (C=O) groups excluding carboxylic acids is 1. The minimum atomic E-state index is 0.0648. The number of amides is 1. The third-order valence-electron chi connectivity index (χ3n) is 3.72. The van der Waals surface area contributed by atoms with Gasteiger partial charge >= 0.3 is 0 Å². The molecule has 1 fully saturated rings. The van der Waals surface area contributed by atoms with Crippen molar-refractivity contribution in [3.05, 3.63) is 36.0 Å². The van der Waals surface area contributed by atoms with Crippen LogP contribution in [0.4, 0.5) is 0 Å². The van der Waals surface area contributed by atoms with Crippen molar-refractivity contribution in [3.8, 4) is 0 Å². The molecule has 1 aliphatic carbocycles. The molecule has 20 heavy (non-hydrogen) atoms. The van der Waals surface area contributed by atoms with E-state index in [0.717, 1.165) is 12.1 Å². The molecule has 2 aromatic rings. The minimum Gasteiger partial charge on any atom is -0.355 e. The van der Waals surface area contributed by atoms with Crippen LogP contribution in [0, 0.1) is 0 Å². The molecule has 0 atom stereocenters. The second-order valence-electron chi connectivity index (χ2n) is 5.41. The second kappa shape index (κ2) is 5.67. The first-order chi connectivity index (χ1) is 9.78. The van der Waals surface area contributed by atoms with Gasteiger partial charge in [0, 0.05) is 36.2 Å². The predicted octanol–water partition coefficient (Wildman–Crippen LogP) is 2.03. The highest BCUT2D eigenvalue weighted by Gasteiger charge is 2.21. The van der Waals surface area contributed by atoms with Crippen LogP contribution in [-0.2, 0) is 17.9 Å². The summed E-state index contributed by atoms with van der Waals surface area (Å²) >= 11 is 0. The summed E-state index contributed by atoms with van der Waals surface area (Å²) < 4.78 is 2.05. The van der Waals surface area contributed by atoms with Crippen LogP contribution in [0.1, 0.15) is 25.3 Å². The molecule has 106 valence electrons. The fourth-order valence-corrected chi connectivity index (χ4v) is 2.54. The molecule has 1 saturated carbocycles. The average molecular weight is 271 g/mol. The van der Waals surface area contributed by atoms with Gasteiger partial charge in [-0.2, -0.15) is 0 Å². The van der Waals surface area contributed by atoms with E-state index in [1.165, 1.54) is 23.8 Å². The first-order valence-corrected chi connectivity index (χ1v) is 7.34. The number of hydrogen-bond donors (Lipinski definition) is 2. The van der Waals surface area contributed by atoms with Crippen LogP contribution < -0.4 is 10.6 Å². The molecule has 1 aromatic heterocycles. The Morgan fingerprint density at radius 2 is 2.15 bits per heavy atom. The number of likely N-dealkylation sites (N-methyl/N-ethyl adjacent to an activating group) is 1. The van der Waals surface area contributed by atoms with Gasteiger partial charge in [0.1, 0.15) is 6.54 Å². The molecule has 0 saturated heterocycles. The zero-order valence-corrected chi connectivity index (χ0v) is 11.9.